The number of nitriles is 1. The number of nitrogens with zero attached hydrogens (tertiary/aromatic N) is 6. The Balaban J connectivity index is 1.29. The summed E-state index contributed by atoms with van der Waals surface area (Å²) in [6, 6.07) is 8.55. The highest BCUT2D eigenvalue weighted by molar-refractivity contribution is 7.90. The number of benzene rings is 1. The zero-order chi connectivity index (χ0) is 26.5. The van der Waals surface area contributed by atoms with Crippen LogP contribution in [0.2, 0.25) is 0 Å². The fourth-order valence-electron chi connectivity index (χ4n) is 5.25. The van der Waals surface area contributed by atoms with Crippen LogP contribution in [0.25, 0.3) is 10.9 Å². The topological polar surface area (TPSA) is 138 Å². The smallest absolute Gasteiger partial charge is 0.229 e. The molecule has 12 heteroatoms. The maximum absolute atomic E-state index is 11.4. The van der Waals surface area contributed by atoms with Gasteiger partial charge in [0, 0.05) is 49.6 Å². The average molecular weight is 539 g/mol. The summed E-state index contributed by atoms with van der Waals surface area (Å²) in [6.07, 6.45) is 9.59. The van der Waals surface area contributed by atoms with Crippen molar-refractivity contribution in [1.82, 2.24) is 24.6 Å². The third-order valence-electron chi connectivity index (χ3n) is 7.22. The number of morpholine rings is 1. The summed E-state index contributed by atoms with van der Waals surface area (Å²) < 4.78 is 30.0. The number of rotatable bonds is 9. The van der Waals surface area contributed by atoms with Gasteiger partial charge in [0.05, 0.1) is 48.0 Å². The van der Waals surface area contributed by atoms with Gasteiger partial charge in [-0.3, -0.25) is 9.58 Å². The van der Waals surface area contributed by atoms with E-state index in [4.69, 9.17) is 9.72 Å². The molecule has 202 valence electrons. The van der Waals surface area contributed by atoms with Crippen molar-refractivity contribution in [2.24, 2.45) is 0 Å². The van der Waals surface area contributed by atoms with E-state index >= 15 is 0 Å². The van der Waals surface area contributed by atoms with Gasteiger partial charge in [0.2, 0.25) is 5.95 Å². The molecule has 1 saturated carbocycles. The van der Waals surface area contributed by atoms with E-state index in [-0.39, 0.29) is 5.75 Å². The van der Waals surface area contributed by atoms with Crippen LogP contribution in [0.4, 0.5) is 17.5 Å². The summed E-state index contributed by atoms with van der Waals surface area (Å²) in [6.45, 7) is 4.17. The van der Waals surface area contributed by atoms with Crippen molar-refractivity contribution in [1.29, 1.82) is 5.26 Å². The van der Waals surface area contributed by atoms with E-state index in [1.807, 2.05) is 18.3 Å². The summed E-state index contributed by atoms with van der Waals surface area (Å²) in [4.78, 5) is 12.0. The summed E-state index contributed by atoms with van der Waals surface area (Å²) in [5.74, 6) is 1.27. The number of aryl methyl sites for hydroxylation is 1. The molecule has 0 bridgehead atoms. The third-order valence-corrected chi connectivity index (χ3v) is 8.25. The fourth-order valence-corrected chi connectivity index (χ4v) is 5.91. The molecule has 2 N–H and O–H groups in total. The van der Waals surface area contributed by atoms with E-state index in [9.17, 15) is 13.7 Å². The number of nitrogens with one attached hydrogen (secondary N) is 2. The van der Waals surface area contributed by atoms with Gasteiger partial charge in [-0.25, -0.2) is 13.4 Å². The van der Waals surface area contributed by atoms with Gasteiger partial charge in [-0.05, 0) is 50.3 Å². The van der Waals surface area contributed by atoms with Crippen LogP contribution in [0.1, 0.15) is 37.7 Å². The first-order valence-electron chi connectivity index (χ1n) is 13.1. The normalized spacial score (nSPS) is 20.7. The number of fused-ring (bicyclic) bond motifs is 1. The third kappa shape index (κ3) is 6.78. The highest BCUT2D eigenvalue weighted by atomic mass is 32.2. The zero-order valence-electron chi connectivity index (χ0n) is 21.6. The van der Waals surface area contributed by atoms with Gasteiger partial charge in [0.15, 0.2) is 0 Å². The Kier molecular flexibility index (Phi) is 8.06. The van der Waals surface area contributed by atoms with Gasteiger partial charge in [0.1, 0.15) is 15.7 Å². The average Bonchev–Trinajstić information content (AvgIpc) is 3.35. The fraction of sp³-hybridized carbons (Fsp3) is 0.538. The monoisotopic (exact) mass is 538 g/mol. The lowest BCUT2D eigenvalue weighted by molar-refractivity contribution is 0.00791. The number of ether oxygens (including phenoxy) is 1. The molecule has 3 aromatic rings. The maximum atomic E-state index is 11.4. The predicted molar refractivity (Wildman–Crippen MR) is 146 cm³/mol. The van der Waals surface area contributed by atoms with Crippen molar-refractivity contribution in [3.05, 3.63) is 36.2 Å². The lowest BCUT2D eigenvalue weighted by Gasteiger charge is -2.39. The molecular weight excluding hydrogens is 504 g/mol. The minimum Gasteiger partial charge on any atom is -0.379 e. The van der Waals surface area contributed by atoms with Crippen molar-refractivity contribution in [3.8, 4) is 6.07 Å². The van der Waals surface area contributed by atoms with Crippen molar-refractivity contribution >= 4 is 38.2 Å². The Bertz CT molecular complexity index is 1400. The van der Waals surface area contributed by atoms with E-state index in [0.717, 1.165) is 62.9 Å². The SMILES string of the molecule is CS(=O)(=O)CCCn1cc(Nc2nc(NC3CCC(N4CCOCC4)CC3)c3cc(C#N)ccc3n2)cn1. The Morgan fingerprint density at radius 2 is 1.95 bits per heavy atom. The molecule has 0 unspecified atom stereocenters. The van der Waals surface area contributed by atoms with Crippen LogP contribution in [0.15, 0.2) is 30.6 Å². The summed E-state index contributed by atoms with van der Waals surface area (Å²) in [5.41, 5.74) is 2.03. The Morgan fingerprint density at radius 1 is 1.16 bits per heavy atom. The van der Waals surface area contributed by atoms with Gasteiger partial charge in [-0.1, -0.05) is 0 Å². The molecule has 0 atom stereocenters. The molecule has 2 fully saturated rings. The number of sulfone groups is 1. The van der Waals surface area contributed by atoms with E-state index in [2.05, 4.69) is 31.7 Å². The molecule has 1 aliphatic heterocycles. The molecule has 1 aliphatic carbocycles. The summed E-state index contributed by atoms with van der Waals surface area (Å²) >= 11 is 0. The minimum atomic E-state index is -3.00. The second-order valence-corrected chi connectivity index (χ2v) is 12.4. The van der Waals surface area contributed by atoms with Gasteiger partial charge in [0.25, 0.3) is 0 Å². The largest absolute Gasteiger partial charge is 0.379 e. The second kappa shape index (κ2) is 11.6. The van der Waals surface area contributed by atoms with Crippen LogP contribution in [-0.2, 0) is 21.1 Å². The highest BCUT2D eigenvalue weighted by Gasteiger charge is 2.27. The van der Waals surface area contributed by atoms with Crippen LogP contribution >= 0.6 is 0 Å². The molecule has 5 rings (SSSR count). The minimum absolute atomic E-state index is 0.123. The van der Waals surface area contributed by atoms with Crippen LogP contribution in [0.3, 0.4) is 0 Å². The number of aromatic nitrogens is 4. The highest BCUT2D eigenvalue weighted by Crippen LogP contribution is 2.30. The molecule has 11 nitrogen and oxygen atoms in total. The van der Waals surface area contributed by atoms with Crippen molar-refractivity contribution in [2.75, 3.05) is 48.9 Å². The Morgan fingerprint density at radius 3 is 2.68 bits per heavy atom. The first-order chi connectivity index (χ1) is 18.4. The number of hydrogen-bond acceptors (Lipinski definition) is 10. The Labute approximate surface area is 223 Å². The lowest BCUT2D eigenvalue weighted by atomic mass is 9.90. The van der Waals surface area contributed by atoms with Crippen molar-refractivity contribution in [2.45, 2.75) is 50.7 Å². The summed E-state index contributed by atoms with van der Waals surface area (Å²) in [5, 5.41) is 21.5. The molecule has 0 radical (unpaired) electrons. The first-order valence-corrected chi connectivity index (χ1v) is 15.2. The molecule has 2 aliphatic rings. The van der Waals surface area contributed by atoms with E-state index in [1.54, 1.807) is 16.9 Å². The molecular formula is C26H34N8O3S. The van der Waals surface area contributed by atoms with Gasteiger partial charge in [-0.15, -0.1) is 0 Å². The molecule has 38 heavy (non-hydrogen) atoms. The predicted octanol–water partition coefficient (Wildman–Crippen LogP) is 2.93. The Hall–Kier alpha value is -3.27. The van der Waals surface area contributed by atoms with Crippen LogP contribution < -0.4 is 10.6 Å². The van der Waals surface area contributed by atoms with Crippen molar-refractivity contribution in [3.63, 3.8) is 0 Å². The zero-order valence-corrected chi connectivity index (χ0v) is 22.5. The van der Waals surface area contributed by atoms with Crippen LogP contribution in [-0.4, -0.2) is 83.5 Å². The standard InChI is InChI=1S/C26H34N8O3S/c1-38(35,36)14-2-9-34-18-21(17-28-34)30-26-31-24-8-3-19(16-27)15-23(24)25(32-26)29-20-4-6-22(7-5-20)33-10-12-37-13-11-33/h3,8,15,17-18,20,22H,2,4-7,9-14H2,1H3,(H2,29,30,31,32). The van der Waals surface area contributed by atoms with Crippen molar-refractivity contribution < 1.29 is 13.2 Å². The van der Waals surface area contributed by atoms with E-state index in [0.29, 0.717) is 48.1 Å². The summed E-state index contributed by atoms with van der Waals surface area (Å²) in [7, 11) is -3.00. The van der Waals surface area contributed by atoms with Gasteiger partial charge in [-0.2, -0.15) is 15.3 Å². The number of anilines is 3. The van der Waals surface area contributed by atoms with Gasteiger partial charge < -0.3 is 15.4 Å². The maximum Gasteiger partial charge on any atom is 0.229 e. The molecule has 0 spiro atoms. The quantitative estimate of drug-likeness (QED) is 0.418. The number of hydrogen-bond donors (Lipinski definition) is 2. The molecule has 1 aromatic carbocycles. The van der Waals surface area contributed by atoms with E-state index < -0.39 is 9.84 Å². The second-order valence-electron chi connectivity index (χ2n) is 10.1. The molecule has 1 saturated heterocycles. The lowest BCUT2D eigenvalue weighted by Crippen LogP contribution is -2.46. The molecule has 3 heterocycles. The molecule has 0 amide bonds. The first kappa shape index (κ1) is 26.3. The van der Waals surface area contributed by atoms with Crippen LogP contribution in [0, 0.1) is 11.3 Å². The van der Waals surface area contributed by atoms with Gasteiger partial charge >= 0.3 is 0 Å². The van der Waals surface area contributed by atoms with Crippen LogP contribution in [0.5, 0.6) is 0 Å². The van der Waals surface area contributed by atoms with E-state index in [1.165, 1.54) is 6.26 Å². The molecule has 2 aromatic heterocycles.